The number of unbranched alkanes of at least 4 members (excludes halogenated alkanes) is 3. The average molecular weight is 319 g/mol. The largest absolute Gasteiger partial charge is 0.118 e. The van der Waals surface area contributed by atoms with Crippen LogP contribution >= 0.6 is 11.6 Å². The van der Waals surface area contributed by atoms with E-state index in [2.05, 4.69) is 52.5 Å². The van der Waals surface area contributed by atoms with Crippen molar-refractivity contribution in [1.29, 1.82) is 0 Å². The molecule has 1 rings (SSSR count). The van der Waals surface area contributed by atoms with Gasteiger partial charge in [-0.1, -0.05) is 70.7 Å². The average Bonchev–Trinajstić information content (AvgIpc) is 2.41. The van der Waals surface area contributed by atoms with Gasteiger partial charge >= 0.3 is 0 Å². The SMILES string of the molecule is CCCCCCC(=C=C(C)CC(C)(C)C)c1ccc(Cl)cc1. The summed E-state index contributed by atoms with van der Waals surface area (Å²) >= 11 is 6.02. The molecule has 0 amide bonds. The van der Waals surface area contributed by atoms with Gasteiger partial charge in [0.25, 0.3) is 0 Å². The summed E-state index contributed by atoms with van der Waals surface area (Å²) in [4.78, 5) is 0. The number of halogens is 1. The van der Waals surface area contributed by atoms with E-state index in [0.717, 1.165) is 17.9 Å². The lowest BCUT2D eigenvalue weighted by molar-refractivity contribution is 0.410. The van der Waals surface area contributed by atoms with Gasteiger partial charge in [0.15, 0.2) is 0 Å². The topological polar surface area (TPSA) is 0 Å². The summed E-state index contributed by atoms with van der Waals surface area (Å²) in [5.74, 6) is 0. The van der Waals surface area contributed by atoms with Gasteiger partial charge in [0.05, 0.1) is 0 Å². The van der Waals surface area contributed by atoms with Crippen molar-refractivity contribution in [3.05, 3.63) is 46.2 Å². The smallest absolute Gasteiger partial charge is 0.0406 e. The molecule has 0 aliphatic rings. The van der Waals surface area contributed by atoms with E-state index in [-0.39, 0.29) is 0 Å². The zero-order valence-corrected chi connectivity index (χ0v) is 15.7. The van der Waals surface area contributed by atoms with Crippen molar-refractivity contribution in [3.8, 4) is 0 Å². The number of hydrogen-bond donors (Lipinski definition) is 0. The van der Waals surface area contributed by atoms with Crippen LogP contribution in [0.5, 0.6) is 0 Å². The Bertz CT molecular complexity index is 508. The van der Waals surface area contributed by atoms with Gasteiger partial charge in [-0.3, -0.25) is 0 Å². The van der Waals surface area contributed by atoms with Gasteiger partial charge in [-0.2, -0.15) is 0 Å². The van der Waals surface area contributed by atoms with E-state index in [1.165, 1.54) is 42.4 Å². The lowest BCUT2D eigenvalue weighted by atomic mass is 9.88. The molecule has 0 atom stereocenters. The molecule has 1 aromatic rings. The molecule has 0 saturated carbocycles. The zero-order chi connectivity index (χ0) is 16.6. The Morgan fingerprint density at radius 1 is 1.05 bits per heavy atom. The molecule has 122 valence electrons. The van der Waals surface area contributed by atoms with Crippen LogP contribution in [0.4, 0.5) is 0 Å². The standard InChI is InChI=1S/C21H31Cl/c1-6-7-8-9-10-19(15-17(2)16-21(3,4)5)18-11-13-20(22)14-12-18/h11-14H,6-10,16H2,1-5H3. The molecule has 0 bridgehead atoms. The van der Waals surface area contributed by atoms with Crippen LogP contribution in [-0.2, 0) is 0 Å². The maximum Gasteiger partial charge on any atom is 0.0406 e. The predicted octanol–water partition coefficient (Wildman–Crippen LogP) is 7.68. The van der Waals surface area contributed by atoms with Crippen molar-refractivity contribution in [2.45, 2.75) is 73.1 Å². The first-order chi connectivity index (χ1) is 10.3. The second-order valence-corrected chi connectivity index (χ2v) is 7.88. The van der Waals surface area contributed by atoms with Crippen LogP contribution in [0, 0.1) is 5.41 Å². The van der Waals surface area contributed by atoms with Gasteiger partial charge in [-0.25, -0.2) is 0 Å². The fraction of sp³-hybridized carbons (Fsp3) is 0.571. The minimum atomic E-state index is 0.310. The van der Waals surface area contributed by atoms with E-state index in [9.17, 15) is 0 Å². The first kappa shape index (κ1) is 19.1. The highest BCUT2D eigenvalue weighted by Crippen LogP contribution is 2.26. The Balaban J connectivity index is 2.99. The molecule has 0 radical (unpaired) electrons. The maximum absolute atomic E-state index is 6.02. The van der Waals surface area contributed by atoms with Crippen molar-refractivity contribution in [3.63, 3.8) is 0 Å². The summed E-state index contributed by atoms with van der Waals surface area (Å²) in [6.45, 7) is 11.3. The minimum Gasteiger partial charge on any atom is -0.118 e. The zero-order valence-electron chi connectivity index (χ0n) is 14.9. The van der Waals surface area contributed by atoms with Crippen LogP contribution in [0.3, 0.4) is 0 Å². The van der Waals surface area contributed by atoms with Gasteiger partial charge in [0.2, 0.25) is 0 Å². The molecule has 1 heteroatoms. The van der Waals surface area contributed by atoms with Gasteiger partial charge in [0, 0.05) is 10.6 Å². The van der Waals surface area contributed by atoms with Crippen molar-refractivity contribution in [2.75, 3.05) is 0 Å². The second-order valence-electron chi connectivity index (χ2n) is 7.44. The fourth-order valence-electron chi connectivity index (χ4n) is 2.76. The normalized spacial score (nSPS) is 11.2. The van der Waals surface area contributed by atoms with E-state index in [1.54, 1.807) is 0 Å². The van der Waals surface area contributed by atoms with Crippen LogP contribution in [0.2, 0.25) is 5.02 Å². The molecule has 0 aliphatic heterocycles. The van der Waals surface area contributed by atoms with Gasteiger partial charge in [-0.05, 0) is 54.9 Å². The van der Waals surface area contributed by atoms with E-state index in [1.807, 2.05) is 12.1 Å². The van der Waals surface area contributed by atoms with E-state index < -0.39 is 0 Å². The fourth-order valence-corrected chi connectivity index (χ4v) is 2.88. The summed E-state index contributed by atoms with van der Waals surface area (Å²) in [5.41, 5.74) is 7.91. The first-order valence-corrected chi connectivity index (χ1v) is 8.91. The van der Waals surface area contributed by atoms with Crippen LogP contribution in [0.1, 0.15) is 78.7 Å². The summed E-state index contributed by atoms with van der Waals surface area (Å²) in [7, 11) is 0. The highest BCUT2D eigenvalue weighted by molar-refractivity contribution is 6.30. The quantitative estimate of drug-likeness (QED) is 0.357. The van der Waals surface area contributed by atoms with Crippen molar-refractivity contribution >= 4 is 17.2 Å². The molecule has 0 saturated heterocycles. The van der Waals surface area contributed by atoms with E-state index in [0.29, 0.717) is 5.41 Å². The number of allylic oxidation sites excluding steroid dienone is 1. The lowest BCUT2D eigenvalue weighted by Gasteiger charge is -2.17. The minimum absolute atomic E-state index is 0.310. The Morgan fingerprint density at radius 3 is 2.23 bits per heavy atom. The number of hydrogen-bond acceptors (Lipinski definition) is 0. The Kier molecular flexibility index (Phi) is 8.01. The third-order valence-electron chi connectivity index (χ3n) is 3.63. The highest BCUT2D eigenvalue weighted by atomic mass is 35.5. The monoisotopic (exact) mass is 318 g/mol. The molecule has 0 aliphatic carbocycles. The molecular weight excluding hydrogens is 288 g/mol. The van der Waals surface area contributed by atoms with E-state index in [4.69, 9.17) is 11.6 Å². The number of benzene rings is 1. The van der Waals surface area contributed by atoms with Crippen LogP contribution in [-0.4, -0.2) is 0 Å². The number of rotatable bonds is 7. The predicted molar refractivity (Wildman–Crippen MR) is 100 cm³/mol. The molecule has 0 unspecified atom stereocenters. The van der Waals surface area contributed by atoms with Crippen LogP contribution in [0.15, 0.2) is 35.6 Å². The van der Waals surface area contributed by atoms with Crippen LogP contribution in [0.25, 0.3) is 5.57 Å². The Labute approximate surface area is 142 Å². The van der Waals surface area contributed by atoms with Crippen molar-refractivity contribution in [1.82, 2.24) is 0 Å². The molecular formula is C21H31Cl. The maximum atomic E-state index is 6.02. The molecule has 22 heavy (non-hydrogen) atoms. The summed E-state index contributed by atoms with van der Waals surface area (Å²) in [6, 6.07) is 8.19. The molecule has 0 heterocycles. The van der Waals surface area contributed by atoms with E-state index >= 15 is 0 Å². The molecule has 0 aromatic heterocycles. The third kappa shape index (κ3) is 7.87. The summed E-state index contributed by atoms with van der Waals surface area (Å²) in [5, 5.41) is 0.796. The van der Waals surface area contributed by atoms with Gasteiger partial charge in [-0.15, -0.1) is 5.73 Å². The third-order valence-corrected chi connectivity index (χ3v) is 3.88. The van der Waals surface area contributed by atoms with Crippen molar-refractivity contribution in [2.24, 2.45) is 5.41 Å². The summed E-state index contributed by atoms with van der Waals surface area (Å²) < 4.78 is 0. The molecule has 1 aromatic carbocycles. The molecule has 0 N–H and O–H groups in total. The molecule has 0 fully saturated rings. The molecule has 0 nitrogen and oxygen atoms in total. The lowest BCUT2D eigenvalue weighted by Crippen LogP contribution is -2.04. The Hall–Kier alpha value is -0.970. The van der Waals surface area contributed by atoms with Gasteiger partial charge in [0.1, 0.15) is 0 Å². The molecule has 0 spiro atoms. The van der Waals surface area contributed by atoms with Gasteiger partial charge < -0.3 is 0 Å². The second kappa shape index (κ2) is 9.23. The highest BCUT2D eigenvalue weighted by Gasteiger charge is 2.11. The van der Waals surface area contributed by atoms with Crippen molar-refractivity contribution < 1.29 is 0 Å². The summed E-state index contributed by atoms with van der Waals surface area (Å²) in [6.07, 6.45) is 7.31. The Morgan fingerprint density at radius 2 is 1.68 bits per heavy atom. The van der Waals surface area contributed by atoms with Crippen LogP contribution < -0.4 is 0 Å². The first-order valence-electron chi connectivity index (χ1n) is 8.53.